The van der Waals surface area contributed by atoms with Crippen LogP contribution in [0.5, 0.6) is 0 Å². The van der Waals surface area contributed by atoms with E-state index in [1.807, 2.05) is 19.1 Å². The van der Waals surface area contributed by atoms with Gasteiger partial charge in [-0.15, -0.1) is 0 Å². The van der Waals surface area contributed by atoms with Crippen LogP contribution in [-0.2, 0) is 7.05 Å². The van der Waals surface area contributed by atoms with Gasteiger partial charge >= 0.3 is 0 Å². The molecule has 2 aromatic heterocycles. The van der Waals surface area contributed by atoms with Crippen LogP contribution in [0.2, 0.25) is 0 Å². The molecule has 1 atom stereocenters. The van der Waals surface area contributed by atoms with Crippen molar-refractivity contribution in [3.05, 3.63) is 85.9 Å². The minimum absolute atomic E-state index is 0.0191. The van der Waals surface area contributed by atoms with E-state index in [0.717, 1.165) is 11.1 Å². The normalized spacial score (nSPS) is 12.4. The van der Waals surface area contributed by atoms with Crippen molar-refractivity contribution in [1.82, 2.24) is 14.5 Å². The van der Waals surface area contributed by atoms with Crippen LogP contribution in [0.15, 0.2) is 52.3 Å². The first-order chi connectivity index (χ1) is 16.1. The molecule has 0 spiro atoms. The van der Waals surface area contributed by atoms with Crippen LogP contribution in [0.4, 0.5) is 18.9 Å². The standard InChI is InChI=1S/C25H22BrF3N4O/c1-12-7-16(14(3)32-19-6-5-13(2)22(27)21(19)23(28)29)17-9-20(15-10-30-25(26)31-11-15)33(4)24(34)18(17)8-12/h5-11,14,23,32H,1-4H3/t14-/m1/s1. The summed E-state index contributed by atoms with van der Waals surface area (Å²) < 4.78 is 43.8. The molecule has 0 fully saturated rings. The Hall–Kier alpha value is -3.20. The number of anilines is 1. The van der Waals surface area contributed by atoms with E-state index >= 15 is 0 Å². The summed E-state index contributed by atoms with van der Waals surface area (Å²) in [7, 11) is 1.67. The molecule has 0 saturated heterocycles. The fourth-order valence-electron chi connectivity index (χ4n) is 4.12. The van der Waals surface area contributed by atoms with Gasteiger partial charge in [0.05, 0.1) is 11.3 Å². The third kappa shape index (κ3) is 4.32. The molecule has 2 heterocycles. The lowest BCUT2D eigenvalue weighted by Crippen LogP contribution is -2.20. The first kappa shape index (κ1) is 23.9. The largest absolute Gasteiger partial charge is 0.378 e. The second-order valence-electron chi connectivity index (χ2n) is 8.27. The number of rotatable bonds is 5. The summed E-state index contributed by atoms with van der Waals surface area (Å²) in [5.41, 5.74) is 2.14. The number of aromatic nitrogens is 3. The third-order valence-electron chi connectivity index (χ3n) is 5.88. The maximum Gasteiger partial charge on any atom is 0.268 e. The number of nitrogens with zero attached hydrogens (tertiary/aromatic N) is 3. The van der Waals surface area contributed by atoms with Gasteiger partial charge in [-0.05, 0) is 77.0 Å². The Morgan fingerprint density at radius 1 is 1.06 bits per heavy atom. The SMILES string of the molecule is Cc1cc([C@@H](C)Nc2ccc(C)c(F)c2C(F)F)c2cc(-c3cnc(Br)nc3)n(C)c(=O)c2c1. The molecule has 176 valence electrons. The molecule has 0 aliphatic carbocycles. The number of fused-ring (bicyclic) bond motifs is 1. The van der Waals surface area contributed by atoms with Crippen molar-refractivity contribution >= 4 is 32.4 Å². The number of halogens is 4. The lowest BCUT2D eigenvalue weighted by Gasteiger charge is -2.22. The van der Waals surface area contributed by atoms with Crippen molar-refractivity contribution in [2.24, 2.45) is 7.05 Å². The molecule has 0 saturated carbocycles. The predicted octanol–water partition coefficient (Wildman–Crippen LogP) is 6.62. The summed E-state index contributed by atoms with van der Waals surface area (Å²) in [6.45, 7) is 5.11. The van der Waals surface area contributed by atoms with Crippen LogP contribution < -0.4 is 10.9 Å². The number of alkyl halides is 2. The Labute approximate surface area is 202 Å². The first-order valence-corrected chi connectivity index (χ1v) is 11.3. The molecule has 1 N–H and O–H groups in total. The molecule has 0 unspecified atom stereocenters. The number of nitrogens with one attached hydrogen (secondary N) is 1. The van der Waals surface area contributed by atoms with Crippen molar-refractivity contribution < 1.29 is 13.2 Å². The van der Waals surface area contributed by atoms with Crippen molar-refractivity contribution in [3.63, 3.8) is 0 Å². The minimum Gasteiger partial charge on any atom is -0.378 e. The van der Waals surface area contributed by atoms with E-state index in [2.05, 4.69) is 31.2 Å². The maximum absolute atomic E-state index is 14.5. The van der Waals surface area contributed by atoms with Gasteiger partial charge in [0.2, 0.25) is 0 Å². The van der Waals surface area contributed by atoms with Gasteiger partial charge in [0.15, 0.2) is 4.73 Å². The Morgan fingerprint density at radius 2 is 1.74 bits per heavy atom. The molecule has 0 amide bonds. The number of hydrogen-bond donors (Lipinski definition) is 1. The summed E-state index contributed by atoms with van der Waals surface area (Å²) in [6, 6.07) is 7.98. The summed E-state index contributed by atoms with van der Waals surface area (Å²) in [4.78, 5) is 21.5. The van der Waals surface area contributed by atoms with Crippen LogP contribution in [0.1, 0.15) is 41.6 Å². The molecule has 4 rings (SSSR count). The van der Waals surface area contributed by atoms with Gasteiger partial charge in [0.1, 0.15) is 5.82 Å². The Morgan fingerprint density at radius 3 is 2.38 bits per heavy atom. The van der Waals surface area contributed by atoms with Gasteiger partial charge < -0.3 is 9.88 Å². The molecular formula is C25H22BrF3N4O. The minimum atomic E-state index is -2.97. The van der Waals surface area contributed by atoms with Crippen molar-refractivity contribution in [2.75, 3.05) is 5.32 Å². The highest BCUT2D eigenvalue weighted by molar-refractivity contribution is 9.10. The smallest absolute Gasteiger partial charge is 0.268 e. The second-order valence-corrected chi connectivity index (χ2v) is 8.98. The Balaban J connectivity index is 1.88. The number of aryl methyl sites for hydroxylation is 2. The predicted molar refractivity (Wildman–Crippen MR) is 131 cm³/mol. The quantitative estimate of drug-likeness (QED) is 0.294. The lowest BCUT2D eigenvalue weighted by molar-refractivity contribution is 0.147. The molecule has 0 bridgehead atoms. The van der Waals surface area contributed by atoms with E-state index in [1.165, 1.54) is 23.6 Å². The van der Waals surface area contributed by atoms with Gasteiger partial charge in [0.25, 0.3) is 12.0 Å². The summed E-state index contributed by atoms with van der Waals surface area (Å²) in [5.74, 6) is -0.923. The fourth-order valence-corrected chi connectivity index (χ4v) is 4.32. The third-order valence-corrected chi connectivity index (χ3v) is 6.29. The number of hydrogen-bond acceptors (Lipinski definition) is 4. The molecule has 2 aromatic carbocycles. The second kappa shape index (κ2) is 9.21. The Kier molecular flexibility index (Phi) is 6.49. The molecular weight excluding hydrogens is 509 g/mol. The molecule has 34 heavy (non-hydrogen) atoms. The van der Waals surface area contributed by atoms with Gasteiger partial charge in [-0.25, -0.2) is 23.1 Å². The zero-order valence-electron chi connectivity index (χ0n) is 19.0. The molecule has 5 nitrogen and oxygen atoms in total. The highest BCUT2D eigenvalue weighted by Crippen LogP contribution is 2.35. The lowest BCUT2D eigenvalue weighted by atomic mass is 9.96. The molecule has 0 aliphatic heterocycles. The molecule has 0 aliphatic rings. The first-order valence-electron chi connectivity index (χ1n) is 10.5. The zero-order chi connectivity index (χ0) is 24.7. The average molecular weight is 531 g/mol. The van der Waals surface area contributed by atoms with Crippen LogP contribution in [-0.4, -0.2) is 14.5 Å². The van der Waals surface area contributed by atoms with E-state index in [0.29, 0.717) is 26.8 Å². The van der Waals surface area contributed by atoms with Gasteiger partial charge in [-0.2, -0.15) is 0 Å². The number of benzene rings is 2. The Bertz CT molecular complexity index is 1450. The van der Waals surface area contributed by atoms with Crippen LogP contribution in [0.25, 0.3) is 22.0 Å². The molecule has 9 heteroatoms. The highest BCUT2D eigenvalue weighted by atomic mass is 79.9. The molecule has 4 aromatic rings. The van der Waals surface area contributed by atoms with E-state index in [1.54, 1.807) is 32.4 Å². The van der Waals surface area contributed by atoms with E-state index in [9.17, 15) is 18.0 Å². The van der Waals surface area contributed by atoms with Crippen molar-refractivity contribution in [1.29, 1.82) is 0 Å². The topological polar surface area (TPSA) is 59.8 Å². The summed E-state index contributed by atoms with van der Waals surface area (Å²) in [5, 5.41) is 4.20. The van der Waals surface area contributed by atoms with Crippen molar-refractivity contribution in [3.8, 4) is 11.3 Å². The maximum atomic E-state index is 14.5. The van der Waals surface area contributed by atoms with Gasteiger partial charge in [-0.1, -0.05) is 12.1 Å². The average Bonchev–Trinajstić information content (AvgIpc) is 2.79. The van der Waals surface area contributed by atoms with E-state index < -0.39 is 23.8 Å². The van der Waals surface area contributed by atoms with Crippen LogP contribution >= 0.6 is 15.9 Å². The highest BCUT2D eigenvalue weighted by Gasteiger charge is 2.22. The molecule has 0 radical (unpaired) electrons. The van der Waals surface area contributed by atoms with Crippen LogP contribution in [0.3, 0.4) is 0 Å². The summed E-state index contributed by atoms with van der Waals surface area (Å²) >= 11 is 3.21. The van der Waals surface area contributed by atoms with Gasteiger partial charge in [0, 0.05) is 42.1 Å². The number of pyridine rings is 1. The van der Waals surface area contributed by atoms with E-state index in [-0.39, 0.29) is 16.8 Å². The van der Waals surface area contributed by atoms with Crippen LogP contribution in [0, 0.1) is 19.7 Å². The zero-order valence-corrected chi connectivity index (χ0v) is 20.5. The van der Waals surface area contributed by atoms with Crippen molar-refractivity contribution in [2.45, 2.75) is 33.2 Å². The monoisotopic (exact) mass is 530 g/mol. The van der Waals surface area contributed by atoms with E-state index in [4.69, 9.17) is 0 Å². The summed E-state index contributed by atoms with van der Waals surface area (Å²) in [6.07, 6.45) is 0.245. The van der Waals surface area contributed by atoms with Gasteiger partial charge in [-0.3, -0.25) is 4.79 Å². The fraction of sp³-hybridized carbons (Fsp3) is 0.240.